The van der Waals surface area contributed by atoms with E-state index in [1.807, 2.05) is 12.1 Å². The summed E-state index contributed by atoms with van der Waals surface area (Å²) in [5.41, 5.74) is 1.63. The van der Waals surface area contributed by atoms with Gasteiger partial charge in [0.25, 0.3) is 0 Å². The highest BCUT2D eigenvalue weighted by atomic mass is 32.1. The zero-order chi connectivity index (χ0) is 17.7. The van der Waals surface area contributed by atoms with E-state index in [2.05, 4.69) is 23.6 Å². The third-order valence-electron chi connectivity index (χ3n) is 7.24. The molecular weight excluding hydrogens is 344 g/mol. The molecule has 5 heteroatoms. The summed E-state index contributed by atoms with van der Waals surface area (Å²) in [6.45, 7) is 3.37. The summed E-state index contributed by atoms with van der Waals surface area (Å²) >= 11 is 5.61. The highest BCUT2D eigenvalue weighted by molar-refractivity contribution is 7.80. The first-order valence-electron chi connectivity index (χ1n) is 10.0. The van der Waals surface area contributed by atoms with Crippen LogP contribution >= 0.6 is 12.2 Å². The van der Waals surface area contributed by atoms with Crippen LogP contribution in [0.5, 0.6) is 11.5 Å². The van der Waals surface area contributed by atoms with Crippen molar-refractivity contribution in [3.8, 4) is 11.5 Å². The zero-order valence-corrected chi connectivity index (χ0v) is 16.2. The Morgan fingerprint density at radius 1 is 1.12 bits per heavy atom. The summed E-state index contributed by atoms with van der Waals surface area (Å²) in [5.74, 6) is 4.57. The average Bonchev–Trinajstić information content (AvgIpc) is 3.06. The third kappa shape index (κ3) is 2.94. The summed E-state index contributed by atoms with van der Waals surface area (Å²) in [5, 5.41) is 7.77. The number of hydrogen-bond acceptors (Lipinski definition) is 3. The highest BCUT2D eigenvalue weighted by Crippen LogP contribution is 2.61. The van der Waals surface area contributed by atoms with Crippen LogP contribution in [0.4, 0.5) is 0 Å². The van der Waals surface area contributed by atoms with E-state index >= 15 is 0 Å². The van der Waals surface area contributed by atoms with Gasteiger partial charge in [-0.1, -0.05) is 6.07 Å². The van der Waals surface area contributed by atoms with Crippen LogP contribution < -0.4 is 20.1 Å². The van der Waals surface area contributed by atoms with Crippen molar-refractivity contribution in [1.29, 1.82) is 0 Å². The van der Waals surface area contributed by atoms with Gasteiger partial charge in [-0.2, -0.15) is 0 Å². The Balaban J connectivity index is 1.18. The fourth-order valence-electron chi connectivity index (χ4n) is 6.34. The molecule has 1 aromatic rings. The Labute approximate surface area is 161 Å². The number of rotatable bonds is 4. The monoisotopic (exact) mass is 372 g/mol. The molecule has 0 saturated heterocycles. The van der Waals surface area contributed by atoms with Gasteiger partial charge in [0.2, 0.25) is 6.79 Å². The lowest BCUT2D eigenvalue weighted by Crippen LogP contribution is -2.57. The standard InChI is InChI=1S/C21H28N2O2S/c1-13(21-8-15-4-16(9-21)6-17(5-15)10-21)23-20(26)22-11-14-2-3-18-19(7-14)25-12-24-18/h2-3,7,13,15-17H,4-6,8-12H2,1H3,(H2,22,23,26)/t13-,15?,16?,17?,21?/m0/s1. The number of ether oxygens (including phenoxy) is 2. The van der Waals surface area contributed by atoms with Crippen molar-refractivity contribution in [1.82, 2.24) is 10.6 Å². The molecule has 0 spiro atoms. The first-order valence-corrected chi connectivity index (χ1v) is 10.4. The largest absolute Gasteiger partial charge is 0.454 e. The van der Waals surface area contributed by atoms with Crippen LogP contribution in [0.3, 0.4) is 0 Å². The van der Waals surface area contributed by atoms with Crippen LogP contribution in [0.1, 0.15) is 51.0 Å². The van der Waals surface area contributed by atoms with Gasteiger partial charge in [-0.15, -0.1) is 0 Å². The van der Waals surface area contributed by atoms with Gasteiger partial charge in [-0.25, -0.2) is 0 Å². The van der Waals surface area contributed by atoms with Gasteiger partial charge in [0.1, 0.15) is 0 Å². The normalized spacial score (nSPS) is 34.6. The zero-order valence-electron chi connectivity index (χ0n) is 15.4. The predicted octanol–water partition coefficient (Wildman–Crippen LogP) is 3.98. The van der Waals surface area contributed by atoms with E-state index < -0.39 is 0 Å². The van der Waals surface area contributed by atoms with Gasteiger partial charge in [-0.05, 0) is 98.5 Å². The minimum absolute atomic E-state index is 0.314. The lowest BCUT2D eigenvalue weighted by Gasteiger charge is -2.59. The molecule has 4 fully saturated rings. The van der Waals surface area contributed by atoms with Crippen molar-refractivity contribution >= 4 is 17.3 Å². The van der Waals surface area contributed by atoms with Gasteiger partial charge in [0.15, 0.2) is 16.6 Å². The number of benzene rings is 1. The van der Waals surface area contributed by atoms with Crippen LogP contribution in [0.15, 0.2) is 18.2 Å². The molecule has 1 heterocycles. The van der Waals surface area contributed by atoms with Crippen molar-refractivity contribution in [2.24, 2.45) is 23.2 Å². The van der Waals surface area contributed by atoms with Gasteiger partial charge < -0.3 is 20.1 Å². The van der Waals surface area contributed by atoms with Crippen molar-refractivity contribution < 1.29 is 9.47 Å². The molecule has 0 amide bonds. The molecule has 0 aromatic heterocycles. The van der Waals surface area contributed by atoms with Gasteiger partial charge in [0, 0.05) is 12.6 Å². The van der Waals surface area contributed by atoms with Crippen LogP contribution in [-0.4, -0.2) is 17.9 Å². The Morgan fingerprint density at radius 2 is 1.77 bits per heavy atom. The molecule has 1 aliphatic heterocycles. The van der Waals surface area contributed by atoms with Crippen molar-refractivity contribution in [3.05, 3.63) is 23.8 Å². The van der Waals surface area contributed by atoms with Gasteiger partial charge in [-0.3, -0.25) is 0 Å². The minimum Gasteiger partial charge on any atom is -0.454 e. The van der Waals surface area contributed by atoms with Crippen LogP contribution in [-0.2, 0) is 6.54 Å². The summed E-state index contributed by atoms with van der Waals surface area (Å²) in [4.78, 5) is 0. The maximum Gasteiger partial charge on any atom is 0.231 e. The second-order valence-corrected chi connectivity index (χ2v) is 9.42. The molecule has 4 nitrogen and oxygen atoms in total. The Bertz CT molecular complexity index is 685. The number of hydrogen-bond donors (Lipinski definition) is 2. The minimum atomic E-state index is 0.314. The molecule has 6 rings (SSSR count). The Kier molecular flexibility index (Phi) is 4.03. The molecule has 5 aliphatic rings. The van der Waals surface area contributed by atoms with E-state index in [1.54, 1.807) is 0 Å². The van der Waals surface area contributed by atoms with Crippen LogP contribution in [0.2, 0.25) is 0 Å². The molecule has 4 aliphatic carbocycles. The summed E-state index contributed by atoms with van der Waals surface area (Å²) in [7, 11) is 0. The molecular formula is C21H28N2O2S. The highest BCUT2D eigenvalue weighted by Gasteiger charge is 2.53. The molecule has 4 saturated carbocycles. The van der Waals surface area contributed by atoms with Crippen LogP contribution in [0.25, 0.3) is 0 Å². The molecule has 1 aromatic carbocycles. The lowest BCUT2D eigenvalue weighted by molar-refractivity contribution is -0.0672. The lowest BCUT2D eigenvalue weighted by atomic mass is 9.48. The van der Waals surface area contributed by atoms with Crippen LogP contribution in [0, 0.1) is 23.2 Å². The first-order chi connectivity index (χ1) is 12.6. The molecule has 140 valence electrons. The van der Waals surface area contributed by atoms with E-state index in [-0.39, 0.29) is 0 Å². The summed E-state index contributed by atoms with van der Waals surface area (Å²) in [6.07, 6.45) is 8.66. The fourth-order valence-corrected chi connectivity index (χ4v) is 6.59. The quantitative estimate of drug-likeness (QED) is 0.783. The molecule has 2 N–H and O–H groups in total. The molecule has 0 radical (unpaired) electrons. The Morgan fingerprint density at radius 3 is 2.46 bits per heavy atom. The molecule has 0 unspecified atom stereocenters. The fraction of sp³-hybridized carbons (Fsp3) is 0.667. The second-order valence-electron chi connectivity index (χ2n) is 9.02. The van der Waals surface area contributed by atoms with E-state index in [4.69, 9.17) is 21.7 Å². The average molecular weight is 373 g/mol. The van der Waals surface area contributed by atoms with E-state index in [0.717, 1.165) is 39.9 Å². The molecule has 26 heavy (non-hydrogen) atoms. The first kappa shape index (κ1) is 16.7. The smallest absolute Gasteiger partial charge is 0.231 e. The molecule has 4 bridgehead atoms. The maximum atomic E-state index is 5.61. The summed E-state index contributed by atoms with van der Waals surface area (Å²) in [6, 6.07) is 6.51. The SMILES string of the molecule is C[C@H](NC(=S)NCc1ccc2c(c1)OCO2)C12CC3CC(CC(C3)C1)C2. The van der Waals surface area contributed by atoms with E-state index in [0.29, 0.717) is 24.8 Å². The van der Waals surface area contributed by atoms with Gasteiger partial charge in [0.05, 0.1) is 0 Å². The second kappa shape index (κ2) is 6.29. The van der Waals surface area contributed by atoms with E-state index in [1.165, 1.54) is 38.5 Å². The third-order valence-corrected chi connectivity index (χ3v) is 7.50. The van der Waals surface area contributed by atoms with E-state index in [9.17, 15) is 0 Å². The predicted molar refractivity (Wildman–Crippen MR) is 105 cm³/mol. The number of fused-ring (bicyclic) bond motifs is 1. The maximum absolute atomic E-state index is 5.61. The van der Waals surface area contributed by atoms with Crippen molar-refractivity contribution in [3.63, 3.8) is 0 Å². The summed E-state index contributed by atoms with van der Waals surface area (Å²) < 4.78 is 10.8. The van der Waals surface area contributed by atoms with Crippen molar-refractivity contribution in [2.75, 3.05) is 6.79 Å². The van der Waals surface area contributed by atoms with Gasteiger partial charge >= 0.3 is 0 Å². The van der Waals surface area contributed by atoms with Crippen molar-refractivity contribution in [2.45, 2.75) is 58.0 Å². The number of nitrogens with one attached hydrogen (secondary N) is 2. The number of thiocarbonyl (C=S) groups is 1. The Hall–Kier alpha value is -1.49. The molecule has 1 atom stereocenters. The topological polar surface area (TPSA) is 42.5 Å².